The fraction of sp³-hybridized carbons (Fsp3) is 0.571. The predicted octanol–water partition coefficient (Wildman–Crippen LogP) is 1.87. The summed E-state index contributed by atoms with van der Waals surface area (Å²) in [6.07, 6.45) is 8.61. The normalized spacial score (nSPS) is 22.4. The lowest BCUT2D eigenvalue weighted by atomic mass is 9.73. The van der Waals surface area contributed by atoms with E-state index in [0.29, 0.717) is 31.6 Å². The lowest BCUT2D eigenvalue weighted by molar-refractivity contribution is -0.139. The van der Waals surface area contributed by atoms with Gasteiger partial charge in [-0.15, -0.1) is 0 Å². The molecule has 8 nitrogen and oxygen atoms in total. The van der Waals surface area contributed by atoms with E-state index in [4.69, 9.17) is 0 Å². The Morgan fingerprint density at radius 2 is 2.00 bits per heavy atom. The van der Waals surface area contributed by atoms with Gasteiger partial charge in [0.25, 0.3) is 5.91 Å². The van der Waals surface area contributed by atoms with Crippen molar-refractivity contribution in [3.05, 3.63) is 41.2 Å². The molecule has 0 aliphatic carbocycles. The zero-order valence-corrected chi connectivity index (χ0v) is 17.4. The van der Waals surface area contributed by atoms with Crippen LogP contribution in [-0.2, 0) is 18.4 Å². The van der Waals surface area contributed by atoms with Crippen LogP contribution in [0, 0.1) is 19.3 Å². The number of carbonyl (C=O) groups is 2. The molecule has 2 aliphatic heterocycles. The van der Waals surface area contributed by atoms with E-state index in [2.05, 4.69) is 15.1 Å². The molecule has 29 heavy (non-hydrogen) atoms. The summed E-state index contributed by atoms with van der Waals surface area (Å²) in [5.41, 5.74) is 3.05. The Labute approximate surface area is 170 Å². The first-order valence-electron chi connectivity index (χ1n) is 10.2. The lowest BCUT2D eigenvalue weighted by Gasteiger charge is -2.48. The van der Waals surface area contributed by atoms with Crippen molar-refractivity contribution >= 4 is 11.8 Å². The molecule has 1 spiro atoms. The third kappa shape index (κ3) is 4.02. The number of hydrogen-bond acceptors (Lipinski definition) is 5. The number of nitrogens with zero attached hydrogens (tertiary/aromatic N) is 6. The maximum atomic E-state index is 13.1. The SMILES string of the molecule is Cc1cnc(CN2CC3(CCCN(C(=O)c4cn(C)nc4C)C3)CCC2=O)cn1. The van der Waals surface area contributed by atoms with E-state index in [9.17, 15) is 9.59 Å². The van der Waals surface area contributed by atoms with E-state index < -0.39 is 0 Å². The Hall–Kier alpha value is -2.77. The highest BCUT2D eigenvalue weighted by Crippen LogP contribution is 2.39. The van der Waals surface area contributed by atoms with Crippen molar-refractivity contribution in [2.75, 3.05) is 19.6 Å². The molecule has 154 valence electrons. The van der Waals surface area contributed by atoms with Crippen LogP contribution in [0.3, 0.4) is 0 Å². The maximum Gasteiger partial charge on any atom is 0.257 e. The van der Waals surface area contributed by atoms with Gasteiger partial charge in [-0.3, -0.25) is 24.2 Å². The van der Waals surface area contributed by atoms with Gasteiger partial charge in [-0.05, 0) is 33.1 Å². The van der Waals surface area contributed by atoms with Gasteiger partial charge in [-0.2, -0.15) is 5.10 Å². The summed E-state index contributed by atoms with van der Waals surface area (Å²) in [4.78, 5) is 38.2. The van der Waals surface area contributed by atoms with Crippen molar-refractivity contribution < 1.29 is 9.59 Å². The van der Waals surface area contributed by atoms with Gasteiger partial charge in [0.1, 0.15) is 0 Å². The van der Waals surface area contributed by atoms with Crippen LogP contribution in [0.2, 0.25) is 0 Å². The summed E-state index contributed by atoms with van der Waals surface area (Å²) in [5, 5.41) is 4.31. The van der Waals surface area contributed by atoms with Crippen molar-refractivity contribution in [2.24, 2.45) is 12.5 Å². The summed E-state index contributed by atoms with van der Waals surface area (Å²) in [6.45, 7) is 6.35. The predicted molar refractivity (Wildman–Crippen MR) is 107 cm³/mol. The summed E-state index contributed by atoms with van der Waals surface area (Å²) in [7, 11) is 1.83. The van der Waals surface area contributed by atoms with E-state index in [1.165, 1.54) is 0 Å². The van der Waals surface area contributed by atoms with Gasteiger partial charge in [-0.25, -0.2) is 0 Å². The van der Waals surface area contributed by atoms with Gasteiger partial charge in [0.05, 0.1) is 35.4 Å². The summed E-state index contributed by atoms with van der Waals surface area (Å²) in [5.74, 6) is 0.201. The monoisotopic (exact) mass is 396 g/mol. The number of piperidine rings is 2. The first-order chi connectivity index (χ1) is 13.8. The number of hydrogen-bond donors (Lipinski definition) is 0. The number of aromatic nitrogens is 4. The Bertz CT molecular complexity index is 922. The molecule has 2 saturated heterocycles. The second kappa shape index (κ2) is 7.57. The molecule has 0 N–H and O–H groups in total. The molecule has 4 rings (SSSR count). The number of likely N-dealkylation sites (tertiary alicyclic amines) is 2. The topological polar surface area (TPSA) is 84.2 Å². The van der Waals surface area contributed by atoms with Gasteiger partial charge in [0.15, 0.2) is 0 Å². The summed E-state index contributed by atoms with van der Waals surface area (Å²) in [6, 6.07) is 0. The molecule has 2 aromatic rings. The zero-order chi connectivity index (χ0) is 20.6. The molecule has 2 aromatic heterocycles. The minimum atomic E-state index is -0.0456. The molecule has 0 aromatic carbocycles. The van der Waals surface area contributed by atoms with Crippen LogP contribution in [0.15, 0.2) is 18.6 Å². The highest BCUT2D eigenvalue weighted by molar-refractivity contribution is 5.95. The van der Waals surface area contributed by atoms with Crippen LogP contribution in [0.5, 0.6) is 0 Å². The Balaban J connectivity index is 1.49. The van der Waals surface area contributed by atoms with Gasteiger partial charge in [0.2, 0.25) is 5.91 Å². The molecule has 2 fully saturated rings. The molecule has 2 aliphatic rings. The average molecular weight is 396 g/mol. The molecule has 1 atom stereocenters. The van der Waals surface area contributed by atoms with Crippen LogP contribution < -0.4 is 0 Å². The van der Waals surface area contributed by atoms with E-state index in [-0.39, 0.29) is 17.2 Å². The van der Waals surface area contributed by atoms with E-state index >= 15 is 0 Å². The first kappa shape index (κ1) is 19.5. The second-order valence-electron chi connectivity index (χ2n) is 8.53. The third-order valence-corrected chi connectivity index (χ3v) is 6.13. The molecule has 0 bridgehead atoms. The lowest BCUT2D eigenvalue weighted by Crippen LogP contribution is -2.54. The molecule has 4 heterocycles. The molecular formula is C21H28N6O2. The summed E-state index contributed by atoms with van der Waals surface area (Å²) < 4.78 is 1.69. The average Bonchev–Trinajstić information content (AvgIpc) is 3.04. The van der Waals surface area contributed by atoms with Crippen LogP contribution in [-0.4, -0.2) is 61.0 Å². The molecular weight excluding hydrogens is 368 g/mol. The number of aryl methyl sites for hydroxylation is 3. The number of rotatable bonds is 3. The number of amides is 2. The minimum absolute atomic E-state index is 0.0440. The minimum Gasteiger partial charge on any atom is -0.338 e. The molecule has 0 saturated carbocycles. The molecule has 0 radical (unpaired) electrons. The Kier molecular flexibility index (Phi) is 5.10. The largest absolute Gasteiger partial charge is 0.338 e. The fourth-order valence-corrected chi connectivity index (χ4v) is 4.64. The van der Waals surface area contributed by atoms with Crippen LogP contribution in [0.25, 0.3) is 0 Å². The highest BCUT2D eigenvalue weighted by Gasteiger charge is 2.43. The van der Waals surface area contributed by atoms with Crippen LogP contribution >= 0.6 is 0 Å². The first-order valence-corrected chi connectivity index (χ1v) is 10.2. The van der Waals surface area contributed by atoms with Crippen LogP contribution in [0.4, 0.5) is 0 Å². The maximum absolute atomic E-state index is 13.1. The highest BCUT2D eigenvalue weighted by atomic mass is 16.2. The number of carbonyl (C=O) groups excluding carboxylic acids is 2. The van der Waals surface area contributed by atoms with Gasteiger partial charge >= 0.3 is 0 Å². The van der Waals surface area contributed by atoms with Crippen molar-refractivity contribution in [3.63, 3.8) is 0 Å². The van der Waals surface area contributed by atoms with Crippen molar-refractivity contribution in [1.82, 2.24) is 29.5 Å². The second-order valence-corrected chi connectivity index (χ2v) is 8.53. The Morgan fingerprint density at radius 3 is 2.69 bits per heavy atom. The third-order valence-electron chi connectivity index (χ3n) is 6.13. The molecule has 2 amide bonds. The smallest absolute Gasteiger partial charge is 0.257 e. The van der Waals surface area contributed by atoms with Crippen LogP contribution in [0.1, 0.15) is 53.1 Å². The Morgan fingerprint density at radius 1 is 1.17 bits per heavy atom. The summed E-state index contributed by atoms with van der Waals surface area (Å²) >= 11 is 0. The van der Waals surface area contributed by atoms with E-state index in [0.717, 1.165) is 42.9 Å². The molecule has 8 heteroatoms. The molecule has 1 unspecified atom stereocenters. The van der Waals surface area contributed by atoms with Gasteiger partial charge in [0, 0.05) is 50.9 Å². The van der Waals surface area contributed by atoms with Crippen molar-refractivity contribution in [1.29, 1.82) is 0 Å². The zero-order valence-electron chi connectivity index (χ0n) is 17.4. The van der Waals surface area contributed by atoms with Gasteiger partial charge in [-0.1, -0.05) is 0 Å². The van der Waals surface area contributed by atoms with E-state index in [1.807, 2.05) is 30.7 Å². The van der Waals surface area contributed by atoms with Gasteiger partial charge < -0.3 is 9.80 Å². The fourth-order valence-electron chi connectivity index (χ4n) is 4.64. The van der Waals surface area contributed by atoms with Crippen molar-refractivity contribution in [3.8, 4) is 0 Å². The quantitative estimate of drug-likeness (QED) is 0.791. The van der Waals surface area contributed by atoms with Crippen molar-refractivity contribution in [2.45, 2.75) is 46.1 Å². The standard InChI is InChI=1S/C21H28N6O2/c1-15-9-23-17(10-22-15)11-27-14-21(7-5-19(27)28)6-4-8-26(13-21)20(29)18-12-25(3)24-16(18)2/h9-10,12H,4-8,11,13-14H2,1-3H3. The van der Waals surface area contributed by atoms with E-state index in [1.54, 1.807) is 23.3 Å².